The molecule has 12 heteroatoms. The number of alkyl halides is 3. The topological polar surface area (TPSA) is 78.2 Å². The van der Waals surface area contributed by atoms with Crippen molar-refractivity contribution in [3.63, 3.8) is 0 Å². The molecular formula is C23H23F5N6O. The van der Waals surface area contributed by atoms with Crippen LogP contribution in [-0.4, -0.2) is 51.1 Å². The van der Waals surface area contributed by atoms with E-state index in [0.29, 0.717) is 44.2 Å². The maximum Gasteiger partial charge on any atom is 0.416 e. The van der Waals surface area contributed by atoms with E-state index in [2.05, 4.69) is 20.7 Å². The second-order valence-corrected chi connectivity index (χ2v) is 8.94. The number of nitrogens with zero attached hydrogens (tertiary/aromatic N) is 4. The minimum absolute atomic E-state index is 0.0399. The monoisotopic (exact) mass is 494 g/mol. The third-order valence-corrected chi connectivity index (χ3v) is 6.51. The van der Waals surface area contributed by atoms with Gasteiger partial charge < -0.3 is 20.6 Å². The van der Waals surface area contributed by atoms with E-state index in [9.17, 15) is 27.1 Å². The Morgan fingerprint density at radius 3 is 2.43 bits per heavy atom. The van der Waals surface area contributed by atoms with E-state index >= 15 is 0 Å². The van der Waals surface area contributed by atoms with E-state index in [-0.39, 0.29) is 23.4 Å². The third kappa shape index (κ3) is 4.94. The summed E-state index contributed by atoms with van der Waals surface area (Å²) in [5.74, 6) is -1.64. The summed E-state index contributed by atoms with van der Waals surface area (Å²) in [5, 5.41) is 20.8. The zero-order valence-electron chi connectivity index (χ0n) is 18.5. The lowest BCUT2D eigenvalue weighted by molar-refractivity contribution is -0.137. The molecule has 2 heterocycles. The van der Waals surface area contributed by atoms with Gasteiger partial charge in [-0.05, 0) is 49.6 Å². The van der Waals surface area contributed by atoms with Crippen LogP contribution in [0.2, 0.25) is 0 Å². The fraction of sp³-hybridized carbons (Fsp3) is 0.391. The van der Waals surface area contributed by atoms with Gasteiger partial charge in [0.2, 0.25) is 5.95 Å². The van der Waals surface area contributed by atoms with Gasteiger partial charge in [0.1, 0.15) is 18.0 Å². The second-order valence-electron chi connectivity index (χ2n) is 8.94. The zero-order chi connectivity index (χ0) is 24.8. The van der Waals surface area contributed by atoms with Crippen LogP contribution in [0.15, 0.2) is 42.7 Å². The number of halogens is 5. The molecule has 1 aliphatic carbocycles. The Labute approximate surface area is 197 Å². The maximum atomic E-state index is 13.7. The van der Waals surface area contributed by atoms with Crippen molar-refractivity contribution < 1.29 is 27.1 Å². The van der Waals surface area contributed by atoms with Crippen LogP contribution in [0, 0.1) is 11.6 Å². The van der Waals surface area contributed by atoms with Crippen molar-refractivity contribution in [3.05, 3.63) is 59.9 Å². The van der Waals surface area contributed by atoms with Gasteiger partial charge in [-0.1, -0.05) is 0 Å². The minimum atomic E-state index is -4.59. The Hall–Kier alpha value is -3.25. The average molecular weight is 494 g/mol. The number of aliphatic hydroxyl groups is 1. The van der Waals surface area contributed by atoms with Crippen LogP contribution in [0.4, 0.5) is 39.3 Å². The van der Waals surface area contributed by atoms with E-state index in [1.165, 1.54) is 6.33 Å². The van der Waals surface area contributed by atoms with Crippen LogP contribution in [-0.2, 0) is 6.18 Å². The Balaban J connectivity index is 1.41. The highest BCUT2D eigenvalue weighted by Gasteiger charge is 2.44. The quantitative estimate of drug-likeness (QED) is 0.466. The normalized spacial score (nSPS) is 19.9. The van der Waals surface area contributed by atoms with Crippen molar-refractivity contribution in [3.8, 4) is 5.69 Å². The Kier molecular flexibility index (Phi) is 5.88. The summed E-state index contributed by atoms with van der Waals surface area (Å²) in [5.41, 5.74) is -1.15. The van der Waals surface area contributed by atoms with Gasteiger partial charge in [0.25, 0.3) is 0 Å². The van der Waals surface area contributed by atoms with Gasteiger partial charge >= 0.3 is 6.18 Å². The van der Waals surface area contributed by atoms with Gasteiger partial charge in [-0.3, -0.25) is 0 Å². The lowest BCUT2D eigenvalue weighted by Gasteiger charge is -2.48. The molecule has 1 saturated heterocycles. The number of nitrogens with one attached hydrogen (secondary N) is 2. The Morgan fingerprint density at radius 1 is 1.03 bits per heavy atom. The number of benzene rings is 2. The van der Waals surface area contributed by atoms with Gasteiger partial charge in [-0.2, -0.15) is 18.2 Å². The molecule has 1 aliphatic heterocycles. The molecule has 2 aromatic carbocycles. The number of rotatable bonds is 5. The molecule has 0 spiro atoms. The highest BCUT2D eigenvalue weighted by atomic mass is 19.4. The lowest BCUT2D eigenvalue weighted by atomic mass is 9.74. The minimum Gasteiger partial charge on any atom is -0.388 e. The Morgan fingerprint density at radius 2 is 1.77 bits per heavy atom. The molecule has 3 aromatic rings. The maximum absolute atomic E-state index is 13.7. The third-order valence-electron chi connectivity index (χ3n) is 6.51. The van der Waals surface area contributed by atoms with Gasteiger partial charge in [-0.15, -0.1) is 5.10 Å². The first-order chi connectivity index (χ1) is 16.6. The van der Waals surface area contributed by atoms with E-state index < -0.39 is 29.0 Å². The molecule has 186 valence electrons. The standard InChI is InChI=1S/C23H23F5N6O/c24-15-8-16(25)10-19(9-15)34-13-30-21(32-34)31-17-6-14(23(26,27)28)7-18(11-17)33-5-4-29-20(12-33)22(35)2-1-3-22/h6-11,13,20,29,35H,1-5,12H2,(H,31,32). The van der Waals surface area contributed by atoms with Crippen LogP contribution in [0.25, 0.3) is 5.69 Å². The fourth-order valence-electron chi connectivity index (χ4n) is 4.51. The summed E-state index contributed by atoms with van der Waals surface area (Å²) in [6, 6.07) is 6.19. The van der Waals surface area contributed by atoms with E-state index in [1.807, 2.05) is 4.90 Å². The molecule has 3 N–H and O–H groups in total. The van der Waals surface area contributed by atoms with E-state index in [4.69, 9.17) is 0 Å². The van der Waals surface area contributed by atoms with Gasteiger partial charge in [0.15, 0.2) is 0 Å². The summed E-state index contributed by atoms with van der Waals surface area (Å²) in [7, 11) is 0. The number of anilines is 3. The highest BCUT2D eigenvalue weighted by Crippen LogP contribution is 2.38. The van der Waals surface area contributed by atoms with Gasteiger partial charge in [-0.25, -0.2) is 13.5 Å². The molecule has 0 radical (unpaired) electrons. The molecule has 2 aliphatic rings. The largest absolute Gasteiger partial charge is 0.416 e. The van der Waals surface area contributed by atoms with Crippen LogP contribution in [0.3, 0.4) is 0 Å². The molecule has 0 bridgehead atoms. The molecule has 7 nitrogen and oxygen atoms in total. The average Bonchev–Trinajstić information content (AvgIpc) is 3.24. The molecule has 0 amide bonds. The highest BCUT2D eigenvalue weighted by molar-refractivity contribution is 5.65. The summed E-state index contributed by atoms with van der Waals surface area (Å²) >= 11 is 0. The molecule has 1 aromatic heterocycles. The van der Waals surface area contributed by atoms with Gasteiger partial charge in [0.05, 0.1) is 22.9 Å². The summed E-state index contributed by atoms with van der Waals surface area (Å²) in [4.78, 5) is 5.82. The lowest BCUT2D eigenvalue weighted by Crippen LogP contribution is -2.63. The summed E-state index contributed by atoms with van der Waals surface area (Å²) in [6.07, 6.45) is -1.13. The second kappa shape index (κ2) is 8.76. The first-order valence-electron chi connectivity index (χ1n) is 11.2. The summed E-state index contributed by atoms with van der Waals surface area (Å²) in [6.45, 7) is 1.38. The fourth-order valence-corrected chi connectivity index (χ4v) is 4.51. The number of hydrogen-bond acceptors (Lipinski definition) is 6. The van der Waals surface area contributed by atoms with Crippen molar-refractivity contribution in [1.29, 1.82) is 0 Å². The zero-order valence-corrected chi connectivity index (χ0v) is 18.5. The molecule has 2 fully saturated rings. The predicted molar refractivity (Wildman–Crippen MR) is 119 cm³/mol. The first-order valence-corrected chi connectivity index (χ1v) is 11.2. The molecule has 35 heavy (non-hydrogen) atoms. The smallest absolute Gasteiger partial charge is 0.388 e. The molecule has 1 atom stereocenters. The molecular weight excluding hydrogens is 471 g/mol. The van der Waals surface area contributed by atoms with Crippen LogP contribution in [0.1, 0.15) is 24.8 Å². The van der Waals surface area contributed by atoms with Crippen molar-refractivity contribution in [2.45, 2.75) is 37.1 Å². The van der Waals surface area contributed by atoms with E-state index in [1.54, 1.807) is 6.07 Å². The summed E-state index contributed by atoms with van der Waals surface area (Å²) < 4.78 is 69.2. The van der Waals surface area contributed by atoms with Crippen LogP contribution in [0.5, 0.6) is 0 Å². The van der Waals surface area contributed by atoms with Crippen molar-refractivity contribution in [1.82, 2.24) is 20.1 Å². The molecule has 5 rings (SSSR count). The SMILES string of the molecule is OC1(C2CN(c3cc(Nc4ncn(-c5cc(F)cc(F)c5)n4)cc(C(F)(F)F)c3)CCN2)CCC1. The molecule has 1 saturated carbocycles. The van der Waals surface area contributed by atoms with Crippen LogP contribution >= 0.6 is 0 Å². The first kappa shape index (κ1) is 23.5. The van der Waals surface area contributed by atoms with Crippen LogP contribution < -0.4 is 15.5 Å². The number of piperazine rings is 1. The van der Waals surface area contributed by atoms with Crippen molar-refractivity contribution in [2.24, 2.45) is 0 Å². The number of aromatic nitrogens is 3. The van der Waals surface area contributed by atoms with Crippen molar-refractivity contribution in [2.75, 3.05) is 29.9 Å². The Bertz CT molecular complexity index is 1210. The van der Waals surface area contributed by atoms with Crippen molar-refractivity contribution >= 4 is 17.3 Å². The molecule has 1 unspecified atom stereocenters. The van der Waals surface area contributed by atoms with E-state index in [0.717, 1.165) is 35.4 Å². The number of hydrogen-bond donors (Lipinski definition) is 3. The van der Waals surface area contributed by atoms with Gasteiger partial charge in [0, 0.05) is 37.1 Å². The predicted octanol–water partition coefficient (Wildman–Crippen LogP) is 4.00.